The first kappa shape index (κ1) is 13.9. The molecule has 1 aromatic heterocycles. The van der Waals surface area contributed by atoms with Gasteiger partial charge in [0, 0.05) is 16.2 Å². The molecule has 8 heteroatoms. The molecule has 0 amide bonds. The number of anilines is 1. The molecule has 2 aromatic carbocycles. The third kappa shape index (κ3) is 2.26. The first-order valence-corrected chi connectivity index (χ1v) is 8.05. The van der Waals surface area contributed by atoms with E-state index in [-0.39, 0.29) is 16.0 Å². The van der Waals surface area contributed by atoms with Crippen molar-refractivity contribution in [3.63, 3.8) is 0 Å². The lowest BCUT2D eigenvalue weighted by Gasteiger charge is -2.05. The van der Waals surface area contributed by atoms with Gasteiger partial charge in [0.1, 0.15) is 5.52 Å². The molecule has 0 saturated heterocycles. The van der Waals surface area contributed by atoms with Crippen LogP contribution in [0.5, 0.6) is 0 Å². The Morgan fingerprint density at radius 1 is 1.10 bits per heavy atom. The van der Waals surface area contributed by atoms with E-state index in [1.54, 1.807) is 12.1 Å². The molecule has 0 radical (unpaired) electrons. The van der Waals surface area contributed by atoms with Crippen molar-refractivity contribution in [1.29, 1.82) is 0 Å². The molecule has 0 saturated carbocycles. The highest BCUT2D eigenvalue weighted by molar-refractivity contribution is 9.10. The fourth-order valence-electron chi connectivity index (χ4n) is 1.95. The van der Waals surface area contributed by atoms with Crippen LogP contribution in [-0.2, 0) is 10.0 Å². The van der Waals surface area contributed by atoms with Gasteiger partial charge < -0.3 is 10.2 Å². The van der Waals surface area contributed by atoms with Crippen molar-refractivity contribution in [3.8, 4) is 0 Å². The second kappa shape index (κ2) is 4.74. The van der Waals surface area contributed by atoms with Crippen molar-refractivity contribution in [3.05, 3.63) is 57.5 Å². The zero-order chi connectivity index (χ0) is 15.2. The number of rotatable bonds is 2. The SMILES string of the molecule is Nc1ccc2c(c1)oc(=O)n2S(=O)(=O)c1ccc(Br)cc1. The molecule has 3 rings (SSSR count). The Balaban J connectivity index is 2.31. The first-order chi connectivity index (χ1) is 9.89. The molecule has 2 N–H and O–H groups in total. The molecule has 1 heterocycles. The van der Waals surface area contributed by atoms with E-state index in [1.165, 1.54) is 30.3 Å². The minimum Gasteiger partial charge on any atom is -0.407 e. The number of oxazole rings is 1. The summed E-state index contributed by atoms with van der Waals surface area (Å²) >= 11 is 3.23. The number of nitrogens with zero attached hydrogens (tertiary/aromatic N) is 1. The number of hydrogen-bond acceptors (Lipinski definition) is 5. The highest BCUT2D eigenvalue weighted by atomic mass is 79.9. The van der Waals surface area contributed by atoms with Crippen LogP contribution in [0, 0.1) is 0 Å². The lowest BCUT2D eigenvalue weighted by atomic mass is 10.3. The van der Waals surface area contributed by atoms with E-state index in [1.807, 2.05) is 0 Å². The maximum atomic E-state index is 12.6. The van der Waals surface area contributed by atoms with Gasteiger partial charge in [0.05, 0.1) is 4.90 Å². The maximum Gasteiger partial charge on any atom is 0.434 e. The number of halogens is 1. The summed E-state index contributed by atoms with van der Waals surface area (Å²) < 4.78 is 31.5. The molecule has 0 aliphatic rings. The third-order valence-corrected chi connectivity index (χ3v) is 5.14. The number of nitrogen functional groups attached to an aromatic ring is 1. The minimum atomic E-state index is -4.03. The average molecular weight is 369 g/mol. The highest BCUT2D eigenvalue weighted by Crippen LogP contribution is 2.22. The number of hydrogen-bond donors (Lipinski definition) is 1. The van der Waals surface area contributed by atoms with Gasteiger partial charge in [-0.2, -0.15) is 3.97 Å². The molecule has 6 nitrogen and oxygen atoms in total. The molecular formula is C13H9BrN2O4S. The van der Waals surface area contributed by atoms with Gasteiger partial charge in [-0.15, -0.1) is 0 Å². The predicted octanol–water partition coefficient (Wildman–Crippen LogP) is 2.18. The summed E-state index contributed by atoms with van der Waals surface area (Å²) in [5.41, 5.74) is 6.25. The minimum absolute atomic E-state index is 0.00711. The van der Waals surface area contributed by atoms with Crippen molar-refractivity contribution < 1.29 is 12.8 Å². The van der Waals surface area contributed by atoms with Crippen LogP contribution in [0.1, 0.15) is 0 Å². The summed E-state index contributed by atoms with van der Waals surface area (Å²) in [6.45, 7) is 0. The van der Waals surface area contributed by atoms with E-state index < -0.39 is 15.8 Å². The second-order valence-corrected chi connectivity index (χ2v) is 7.02. The molecule has 0 unspecified atom stereocenters. The zero-order valence-corrected chi connectivity index (χ0v) is 12.9. The Labute approximate surface area is 128 Å². The summed E-state index contributed by atoms with van der Waals surface area (Å²) in [6.07, 6.45) is 0. The van der Waals surface area contributed by atoms with E-state index >= 15 is 0 Å². The number of nitrogens with two attached hydrogens (primary N) is 1. The summed E-state index contributed by atoms with van der Waals surface area (Å²) in [4.78, 5) is 11.9. The number of aromatic nitrogens is 1. The quantitative estimate of drug-likeness (QED) is 0.699. The number of fused-ring (bicyclic) bond motifs is 1. The van der Waals surface area contributed by atoms with Crippen LogP contribution in [0.3, 0.4) is 0 Å². The van der Waals surface area contributed by atoms with Gasteiger partial charge in [0.15, 0.2) is 5.58 Å². The molecular weight excluding hydrogens is 360 g/mol. The normalized spacial score (nSPS) is 11.9. The molecule has 0 bridgehead atoms. The maximum absolute atomic E-state index is 12.6. The van der Waals surface area contributed by atoms with Crippen LogP contribution >= 0.6 is 15.9 Å². The van der Waals surface area contributed by atoms with E-state index in [0.29, 0.717) is 9.66 Å². The van der Waals surface area contributed by atoms with Gasteiger partial charge in [0.2, 0.25) is 0 Å². The topological polar surface area (TPSA) is 95.3 Å². The lowest BCUT2D eigenvalue weighted by molar-refractivity contribution is 0.534. The van der Waals surface area contributed by atoms with Crippen molar-refractivity contribution >= 4 is 42.7 Å². The van der Waals surface area contributed by atoms with Gasteiger partial charge in [-0.05, 0) is 36.4 Å². The van der Waals surface area contributed by atoms with Gasteiger partial charge in [-0.25, -0.2) is 13.2 Å². The van der Waals surface area contributed by atoms with Crippen LogP contribution in [-0.4, -0.2) is 12.4 Å². The van der Waals surface area contributed by atoms with E-state index in [4.69, 9.17) is 10.2 Å². The molecule has 0 aliphatic carbocycles. The van der Waals surface area contributed by atoms with Crippen molar-refractivity contribution in [2.45, 2.75) is 4.90 Å². The Morgan fingerprint density at radius 2 is 1.76 bits per heavy atom. The van der Waals surface area contributed by atoms with Gasteiger partial charge in [0.25, 0.3) is 10.0 Å². The standard InChI is InChI=1S/C13H9BrN2O4S/c14-8-1-4-10(5-2-8)21(18,19)16-11-6-3-9(15)7-12(11)20-13(16)17/h1-7H,15H2. The molecule has 0 spiro atoms. The molecule has 3 aromatic rings. The molecule has 0 aliphatic heterocycles. The molecule has 21 heavy (non-hydrogen) atoms. The van der Waals surface area contributed by atoms with E-state index in [2.05, 4.69) is 15.9 Å². The Hall–Kier alpha value is -2.06. The largest absolute Gasteiger partial charge is 0.434 e. The monoisotopic (exact) mass is 368 g/mol. The van der Waals surface area contributed by atoms with E-state index in [0.717, 1.165) is 4.47 Å². The highest BCUT2D eigenvalue weighted by Gasteiger charge is 2.24. The zero-order valence-electron chi connectivity index (χ0n) is 10.5. The van der Waals surface area contributed by atoms with Crippen LogP contribution < -0.4 is 11.5 Å². The summed E-state index contributed by atoms with van der Waals surface area (Å²) in [5.74, 6) is -0.974. The Kier molecular flexibility index (Phi) is 3.14. The number of benzene rings is 2. The summed E-state index contributed by atoms with van der Waals surface area (Å²) in [5, 5.41) is 0. The van der Waals surface area contributed by atoms with Gasteiger partial charge in [-0.3, -0.25) is 0 Å². The fraction of sp³-hybridized carbons (Fsp3) is 0. The average Bonchev–Trinajstić information content (AvgIpc) is 2.74. The van der Waals surface area contributed by atoms with Crippen LogP contribution in [0.2, 0.25) is 0 Å². The van der Waals surface area contributed by atoms with Crippen molar-refractivity contribution in [2.24, 2.45) is 0 Å². The molecule has 0 fully saturated rings. The first-order valence-electron chi connectivity index (χ1n) is 5.82. The smallest absolute Gasteiger partial charge is 0.407 e. The Bertz CT molecular complexity index is 987. The second-order valence-electron chi connectivity index (χ2n) is 4.32. The van der Waals surface area contributed by atoms with E-state index in [9.17, 15) is 13.2 Å². The van der Waals surface area contributed by atoms with Crippen LogP contribution in [0.25, 0.3) is 11.1 Å². The lowest BCUT2D eigenvalue weighted by Crippen LogP contribution is -2.23. The van der Waals surface area contributed by atoms with Crippen molar-refractivity contribution in [2.75, 3.05) is 5.73 Å². The summed E-state index contributed by atoms with van der Waals surface area (Å²) in [6, 6.07) is 10.3. The van der Waals surface area contributed by atoms with Crippen LogP contribution in [0.15, 0.2) is 61.0 Å². The predicted molar refractivity (Wildman–Crippen MR) is 81.6 cm³/mol. The van der Waals surface area contributed by atoms with Crippen molar-refractivity contribution in [1.82, 2.24) is 3.97 Å². The van der Waals surface area contributed by atoms with Crippen LogP contribution in [0.4, 0.5) is 5.69 Å². The van der Waals surface area contributed by atoms with Gasteiger partial charge >= 0.3 is 5.76 Å². The molecule has 0 atom stereocenters. The fourth-order valence-corrected chi connectivity index (χ4v) is 3.55. The third-order valence-electron chi connectivity index (χ3n) is 2.92. The van der Waals surface area contributed by atoms with Gasteiger partial charge in [-0.1, -0.05) is 15.9 Å². The molecule has 108 valence electrons. The summed E-state index contributed by atoms with van der Waals surface area (Å²) in [7, 11) is -4.03. The Morgan fingerprint density at radius 3 is 2.43 bits per heavy atom.